The van der Waals surface area contributed by atoms with Gasteiger partial charge in [-0.2, -0.15) is 0 Å². The van der Waals surface area contributed by atoms with Crippen LogP contribution in [0.4, 0.5) is 0 Å². The van der Waals surface area contributed by atoms with Crippen molar-refractivity contribution in [3.63, 3.8) is 0 Å². The molecule has 80 valence electrons. The van der Waals surface area contributed by atoms with E-state index in [1.165, 1.54) is 25.3 Å². The Kier molecular flexibility index (Phi) is 4.14. The maximum absolute atomic E-state index is 11.4. The van der Waals surface area contributed by atoms with Crippen molar-refractivity contribution in [2.45, 2.75) is 44.6 Å². The smallest absolute Gasteiger partial charge is 0.244 e. The number of nitrogens with two attached hydrogens (primary N) is 1. The Morgan fingerprint density at radius 3 is 2.64 bits per heavy atom. The van der Waals surface area contributed by atoms with Crippen LogP contribution in [0.3, 0.4) is 0 Å². The monoisotopic (exact) mass is 196 g/mol. The molecule has 1 saturated carbocycles. The van der Waals surface area contributed by atoms with Crippen molar-refractivity contribution in [3.05, 3.63) is 12.2 Å². The molecule has 0 aromatic rings. The summed E-state index contributed by atoms with van der Waals surface area (Å²) in [7, 11) is 0. The molecule has 1 aliphatic carbocycles. The molecule has 0 spiro atoms. The van der Waals surface area contributed by atoms with E-state index in [0.717, 1.165) is 12.8 Å². The average Bonchev–Trinajstić information content (AvgIpc) is 2.15. The van der Waals surface area contributed by atoms with E-state index in [4.69, 9.17) is 5.73 Å². The van der Waals surface area contributed by atoms with Crippen molar-refractivity contribution in [2.75, 3.05) is 6.54 Å². The first-order chi connectivity index (χ1) is 6.66. The molecule has 3 N–H and O–H groups in total. The Morgan fingerprint density at radius 1 is 1.43 bits per heavy atom. The number of carbonyl (C=O) groups is 1. The maximum Gasteiger partial charge on any atom is 0.244 e. The molecule has 3 heteroatoms. The maximum atomic E-state index is 11.4. The number of nitrogens with one attached hydrogen (secondary N) is 1. The van der Waals surface area contributed by atoms with E-state index >= 15 is 0 Å². The quantitative estimate of drug-likeness (QED) is 0.669. The average molecular weight is 196 g/mol. The Hall–Kier alpha value is -0.830. The molecule has 0 aromatic heterocycles. The fourth-order valence-corrected chi connectivity index (χ4v) is 1.97. The van der Waals surface area contributed by atoms with Crippen LogP contribution in [-0.4, -0.2) is 18.0 Å². The van der Waals surface area contributed by atoms with Crippen molar-refractivity contribution in [1.82, 2.24) is 5.32 Å². The van der Waals surface area contributed by atoms with Gasteiger partial charge in [-0.05, 0) is 19.8 Å². The van der Waals surface area contributed by atoms with Crippen LogP contribution < -0.4 is 11.1 Å². The summed E-state index contributed by atoms with van der Waals surface area (Å²) < 4.78 is 0. The second-order valence-electron chi connectivity index (χ2n) is 4.25. The first-order valence-electron chi connectivity index (χ1n) is 5.35. The minimum absolute atomic E-state index is 0.00821. The van der Waals surface area contributed by atoms with Gasteiger partial charge in [-0.1, -0.05) is 25.3 Å². The first-order valence-corrected chi connectivity index (χ1v) is 5.35. The Labute approximate surface area is 85.7 Å². The molecule has 14 heavy (non-hydrogen) atoms. The second-order valence-corrected chi connectivity index (χ2v) is 4.25. The SMILES string of the molecule is CC1(NC(=O)/C=C/CN)CCCCC1. The first kappa shape index (κ1) is 11.2. The van der Waals surface area contributed by atoms with E-state index in [-0.39, 0.29) is 11.4 Å². The summed E-state index contributed by atoms with van der Waals surface area (Å²) in [5, 5.41) is 3.05. The van der Waals surface area contributed by atoms with Crippen LogP contribution >= 0.6 is 0 Å². The zero-order chi connectivity index (χ0) is 10.4. The topological polar surface area (TPSA) is 55.1 Å². The molecule has 3 nitrogen and oxygen atoms in total. The molecule has 0 atom stereocenters. The molecule has 1 rings (SSSR count). The minimum atomic E-state index is -0.0140. The zero-order valence-electron chi connectivity index (χ0n) is 8.88. The third kappa shape index (κ3) is 3.50. The van der Waals surface area contributed by atoms with E-state index in [0.29, 0.717) is 6.54 Å². The molecule has 0 heterocycles. The molecule has 0 unspecified atom stereocenters. The van der Waals surface area contributed by atoms with Crippen molar-refractivity contribution in [1.29, 1.82) is 0 Å². The van der Waals surface area contributed by atoms with Crippen LogP contribution in [0, 0.1) is 0 Å². The van der Waals surface area contributed by atoms with Crippen LogP contribution in [-0.2, 0) is 4.79 Å². The Balaban J connectivity index is 2.41. The summed E-state index contributed by atoms with van der Waals surface area (Å²) in [5.74, 6) is -0.0140. The van der Waals surface area contributed by atoms with Gasteiger partial charge < -0.3 is 11.1 Å². The standard InChI is InChI=1S/C11H20N2O/c1-11(7-3-2-4-8-11)13-10(14)6-5-9-12/h5-6H,2-4,7-9,12H2,1H3,(H,13,14)/b6-5+. The lowest BCUT2D eigenvalue weighted by molar-refractivity contribution is -0.118. The van der Waals surface area contributed by atoms with Crippen molar-refractivity contribution in [3.8, 4) is 0 Å². The van der Waals surface area contributed by atoms with Crippen LogP contribution in [0.15, 0.2) is 12.2 Å². The van der Waals surface area contributed by atoms with Crippen LogP contribution in [0.1, 0.15) is 39.0 Å². The van der Waals surface area contributed by atoms with Gasteiger partial charge in [0.2, 0.25) is 5.91 Å². The molecule has 0 aromatic carbocycles. The number of rotatable bonds is 3. The van der Waals surface area contributed by atoms with Gasteiger partial charge in [0, 0.05) is 18.2 Å². The van der Waals surface area contributed by atoms with E-state index < -0.39 is 0 Å². The third-order valence-corrected chi connectivity index (χ3v) is 2.79. The molecule has 0 saturated heterocycles. The molecule has 1 aliphatic rings. The normalized spacial score (nSPS) is 21.0. The largest absolute Gasteiger partial charge is 0.347 e. The minimum Gasteiger partial charge on any atom is -0.347 e. The van der Waals surface area contributed by atoms with Gasteiger partial charge in [0.05, 0.1) is 0 Å². The lowest BCUT2D eigenvalue weighted by atomic mass is 9.83. The Bertz CT molecular complexity index is 217. The van der Waals surface area contributed by atoms with Crippen LogP contribution in [0.2, 0.25) is 0 Å². The number of hydrogen-bond acceptors (Lipinski definition) is 2. The van der Waals surface area contributed by atoms with Gasteiger partial charge in [-0.25, -0.2) is 0 Å². The van der Waals surface area contributed by atoms with Gasteiger partial charge in [0.25, 0.3) is 0 Å². The predicted octanol–water partition coefficient (Wildman–Crippen LogP) is 1.34. The lowest BCUT2D eigenvalue weighted by Gasteiger charge is -2.34. The zero-order valence-corrected chi connectivity index (χ0v) is 8.88. The lowest BCUT2D eigenvalue weighted by Crippen LogP contribution is -2.46. The second kappa shape index (κ2) is 5.15. The number of carbonyl (C=O) groups excluding carboxylic acids is 1. The van der Waals surface area contributed by atoms with E-state index in [1.54, 1.807) is 6.08 Å². The highest BCUT2D eigenvalue weighted by atomic mass is 16.1. The molecule has 1 amide bonds. The van der Waals surface area contributed by atoms with E-state index in [2.05, 4.69) is 12.2 Å². The van der Waals surface area contributed by atoms with Crippen LogP contribution in [0.5, 0.6) is 0 Å². The highest BCUT2D eigenvalue weighted by Gasteiger charge is 2.27. The van der Waals surface area contributed by atoms with Crippen molar-refractivity contribution in [2.24, 2.45) is 5.73 Å². The van der Waals surface area contributed by atoms with Crippen molar-refractivity contribution >= 4 is 5.91 Å². The van der Waals surface area contributed by atoms with Gasteiger partial charge in [0.1, 0.15) is 0 Å². The van der Waals surface area contributed by atoms with Gasteiger partial charge in [-0.3, -0.25) is 4.79 Å². The van der Waals surface area contributed by atoms with Gasteiger partial charge in [-0.15, -0.1) is 0 Å². The molecular weight excluding hydrogens is 176 g/mol. The Morgan fingerprint density at radius 2 is 2.07 bits per heavy atom. The summed E-state index contributed by atoms with van der Waals surface area (Å²) in [5.41, 5.74) is 5.28. The molecule has 0 bridgehead atoms. The molecule has 0 aliphatic heterocycles. The molecular formula is C11H20N2O. The van der Waals surface area contributed by atoms with Crippen LogP contribution in [0.25, 0.3) is 0 Å². The molecule has 0 radical (unpaired) electrons. The summed E-state index contributed by atoms with van der Waals surface area (Å²) >= 11 is 0. The van der Waals surface area contributed by atoms with Gasteiger partial charge in [0.15, 0.2) is 0 Å². The van der Waals surface area contributed by atoms with Crippen molar-refractivity contribution < 1.29 is 4.79 Å². The highest BCUT2D eigenvalue weighted by Crippen LogP contribution is 2.27. The summed E-state index contributed by atoms with van der Waals surface area (Å²) in [4.78, 5) is 11.4. The van der Waals surface area contributed by atoms with E-state index in [9.17, 15) is 4.79 Å². The van der Waals surface area contributed by atoms with E-state index in [1.807, 2.05) is 0 Å². The fraction of sp³-hybridized carbons (Fsp3) is 0.727. The number of hydrogen-bond donors (Lipinski definition) is 2. The molecule has 1 fully saturated rings. The van der Waals surface area contributed by atoms with Gasteiger partial charge >= 0.3 is 0 Å². The summed E-state index contributed by atoms with van der Waals surface area (Å²) in [6, 6.07) is 0. The summed E-state index contributed by atoms with van der Waals surface area (Å²) in [6.45, 7) is 2.55. The number of amides is 1. The summed E-state index contributed by atoms with van der Waals surface area (Å²) in [6.07, 6.45) is 9.13. The highest BCUT2D eigenvalue weighted by molar-refractivity contribution is 5.88. The fourth-order valence-electron chi connectivity index (χ4n) is 1.97. The third-order valence-electron chi connectivity index (χ3n) is 2.79. The predicted molar refractivity (Wildman–Crippen MR) is 57.8 cm³/mol.